The fraction of sp³-hybridized carbons (Fsp3) is 0.600. The lowest BCUT2D eigenvalue weighted by molar-refractivity contribution is -0.170. The van der Waals surface area contributed by atoms with Crippen LogP contribution < -0.4 is 5.32 Å². The van der Waals surface area contributed by atoms with Crippen molar-refractivity contribution in [1.82, 2.24) is 5.32 Å². The minimum absolute atomic E-state index is 0.0634. The number of nitrogens with one attached hydrogen (secondary N) is 1. The van der Waals surface area contributed by atoms with Gasteiger partial charge in [0, 0.05) is 12.8 Å². The van der Waals surface area contributed by atoms with Crippen molar-refractivity contribution in [3.8, 4) is 0 Å². The van der Waals surface area contributed by atoms with Crippen molar-refractivity contribution in [3.63, 3.8) is 0 Å². The summed E-state index contributed by atoms with van der Waals surface area (Å²) in [6.45, 7) is 0.0634. The fourth-order valence-corrected chi connectivity index (χ4v) is 2.29. The Balaban J connectivity index is 2.43. The Hall–Kier alpha value is -1.92. The molecule has 0 aliphatic carbocycles. The van der Waals surface area contributed by atoms with E-state index in [1.807, 2.05) is 0 Å². The number of rotatable bonds is 1. The van der Waals surface area contributed by atoms with Crippen LogP contribution in [0, 0.1) is 11.3 Å². The van der Waals surface area contributed by atoms with Gasteiger partial charge in [0.25, 0.3) is 0 Å². The summed E-state index contributed by atoms with van der Waals surface area (Å²) in [5.74, 6) is -3.96. The SMILES string of the molecule is COC(=O)C1CC(=O)NC(=O)C12CCOC2=O. The van der Waals surface area contributed by atoms with E-state index in [4.69, 9.17) is 4.74 Å². The number of imide groups is 1. The molecule has 2 amide bonds. The number of piperidine rings is 1. The molecule has 2 saturated heterocycles. The van der Waals surface area contributed by atoms with Gasteiger partial charge >= 0.3 is 11.9 Å². The Labute approximate surface area is 96.4 Å². The number of amides is 2. The Morgan fingerprint density at radius 2 is 2.18 bits per heavy atom. The first kappa shape index (κ1) is 11.6. The highest BCUT2D eigenvalue weighted by Gasteiger charge is 2.62. The van der Waals surface area contributed by atoms with Crippen LogP contribution in [-0.2, 0) is 28.7 Å². The van der Waals surface area contributed by atoms with Crippen LogP contribution in [0.3, 0.4) is 0 Å². The molecule has 2 unspecified atom stereocenters. The van der Waals surface area contributed by atoms with Crippen molar-refractivity contribution in [2.75, 3.05) is 13.7 Å². The highest BCUT2D eigenvalue weighted by Crippen LogP contribution is 2.42. The third kappa shape index (κ3) is 1.49. The topological polar surface area (TPSA) is 98.8 Å². The Morgan fingerprint density at radius 1 is 1.47 bits per heavy atom. The zero-order chi connectivity index (χ0) is 12.6. The fourth-order valence-electron chi connectivity index (χ4n) is 2.29. The van der Waals surface area contributed by atoms with E-state index in [0.29, 0.717) is 0 Å². The van der Waals surface area contributed by atoms with Gasteiger partial charge in [-0.15, -0.1) is 0 Å². The van der Waals surface area contributed by atoms with Gasteiger partial charge in [0.05, 0.1) is 19.6 Å². The molecule has 0 saturated carbocycles. The molecule has 0 aromatic rings. The number of carbonyl (C=O) groups excluding carboxylic acids is 4. The molecule has 7 nitrogen and oxygen atoms in total. The van der Waals surface area contributed by atoms with Crippen LogP contribution in [0.1, 0.15) is 12.8 Å². The summed E-state index contributed by atoms with van der Waals surface area (Å²) >= 11 is 0. The Morgan fingerprint density at radius 3 is 2.71 bits per heavy atom. The maximum atomic E-state index is 11.8. The first-order valence-corrected chi connectivity index (χ1v) is 5.11. The second-order valence-electron chi connectivity index (χ2n) is 4.01. The van der Waals surface area contributed by atoms with Gasteiger partial charge in [-0.05, 0) is 0 Å². The van der Waals surface area contributed by atoms with E-state index in [0.717, 1.165) is 7.11 Å². The third-order valence-electron chi connectivity index (χ3n) is 3.22. The third-order valence-corrected chi connectivity index (χ3v) is 3.22. The monoisotopic (exact) mass is 241 g/mol. The van der Waals surface area contributed by atoms with E-state index in [2.05, 4.69) is 10.1 Å². The summed E-state index contributed by atoms with van der Waals surface area (Å²) in [5, 5.41) is 2.06. The van der Waals surface area contributed by atoms with Gasteiger partial charge in [-0.1, -0.05) is 0 Å². The molecule has 2 aliphatic heterocycles. The first-order valence-electron chi connectivity index (χ1n) is 5.11. The van der Waals surface area contributed by atoms with Crippen molar-refractivity contribution in [3.05, 3.63) is 0 Å². The van der Waals surface area contributed by atoms with Crippen molar-refractivity contribution < 1.29 is 28.7 Å². The Kier molecular flexibility index (Phi) is 2.60. The second-order valence-corrected chi connectivity index (χ2v) is 4.01. The quantitative estimate of drug-likeness (QED) is 0.350. The average molecular weight is 241 g/mol. The summed E-state index contributed by atoms with van der Waals surface area (Å²) in [6.07, 6.45) is -0.155. The number of carbonyl (C=O) groups is 4. The van der Waals surface area contributed by atoms with Crippen LogP contribution in [0.15, 0.2) is 0 Å². The minimum Gasteiger partial charge on any atom is -0.469 e. The molecular formula is C10H11NO6. The number of methoxy groups -OCH3 is 1. The molecule has 0 aromatic carbocycles. The van der Waals surface area contributed by atoms with Crippen molar-refractivity contribution in [1.29, 1.82) is 0 Å². The van der Waals surface area contributed by atoms with Crippen LogP contribution in [-0.4, -0.2) is 37.5 Å². The standard InChI is InChI=1S/C10H11NO6/c1-16-7(13)5-4-6(12)11-8(14)10(5)2-3-17-9(10)15/h5H,2-4H2,1H3,(H,11,12,14). The number of cyclic esters (lactones) is 1. The molecule has 2 atom stereocenters. The minimum atomic E-state index is -1.60. The van der Waals surface area contributed by atoms with Crippen LogP contribution in [0.5, 0.6) is 0 Å². The number of ether oxygens (including phenoxy) is 2. The maximum Gasteiger partial charge on any atom is 0.322 e. The van der Waals surface area contributed by atoms with Gasteiger partial charge in [0.2, 0.25) is 11.8 Å². The van der Waals surface area contributed by atoms with Gasteiger partial charge in [-0.2, -0.15) is 0 Å². The van der Waals surface area contributed by atoms with E-state index in [-0.39, 0.29) is 19.4 Å². The van der Waals surface area contributed by atoms with E-state index < -0.39 is 35.1 Å². The van der Waals surface area contributed by atoms with Gasteiger partial charge in [-0.25, -0.2) is 0 Å². The average Bonchev–Trinajstić information content (AvgIpc) is 2.66. The van der Waals surface area contributed by atoms with Crippen LogP contribution >= 0.6 is 0 Å². The van der Waals surface area contributed by atoms with E-state index >= 15 is 0 Å². The molecule has 0 bridgehead atoms. The van der Waals surface area contributed by atoms with Gasteiger partial charge in [0.1, 0.15) is 0 Å². The molecule has 7 heteroatoms. The molecule has 1 spiro atoms. The lowest BCUT2D eigenvalue weighted by atomic mass is 9.69. The molecule has 2 rings (SSSR count). The van der Waals surface area contributed by atoms with E-state index in [9.17, 15) is 19.2 Å². The summed E-state index contributed by atoms with van der Waals surface area (Å²) < 4.78 is 9.30. The molecule has 1 N–H and O–H groups in total. The summed E-state index contributed by atoms with van der Waals surface area (Å²) in [5.41, 5.74) is -1.60. The normalized spacial score (nSPS) is 32.3. The summed E-state index contributed by atoms with van der Waals surface area (Å²) in [7, 11) is 1.15. The molecule has 92 valence electrons. The zero-order valence-corrected chi connectivity index (χ0v) is 9.15. The van der Waals surface area contributed by atoms with Gasteiger partial charge in [0.15, 0.2) is 5.41 Å². The maximum absolute atomic E-state index is 11.8. The van der Waals surface area contributed by atoms with Crippen molar-refractivity contribution >= 4 is 23.8 Å². The first-order chi connectivity index (χ1) is 8.02. The summed E-state index contributed by atoms with van der Waals surface area (Å²) in [6, 6.07) is 0. The molecule has 0 radical (unpaired) electrons. The molecule has 2 fully saturated rings. The lowest BCUT2D eigenvalue weighted by Gasteiger charge is -2.33. The number of hydrogen-bond acceptors (Lipinski definition) is 6. The largest absolute Gasteiger partial charge is 0.469 e. The molecular weight excluding hydrogens is 230 g/mol. The van der Waals surface area contributed by atoms with Crippen LogP contribution in [0.25, 0.3) is 0 Å². The van der Waals surface area contributed by atoms with Crippen molar-refractivity contribution in [2.24, 2.45) is 11.3 Å². The molecule has 0 aromatic heterocycles. The number of hydrogen-bond donors (Lipinski definition) is 1. The smallest absolute Gasteiger partial charge is 0.322 e. The van der Waals surface area contributed by atoms with E-state index in [1.165, 1.54) is 0 Å². The Bertz CT molecular complexity index is 417. The van der Waals surface area contributed by atoms with Crippen LogP contribution in [0.4, 0.5) is 0 Å². The highest BCUT2D eigenvalue weighted by molar-refractivity contribution is 6.15. The summed E-state index contributed by atoms with van der Waals surface area (Å²) in [4.78, 5) is 46.4. The zero-order valence-electron chi connectivity index (χ0n) is 9.15. The molecule has 2 aliphatic rings. The van der Waals surface area contributed by atoms with Crippen molar-refractivity contribution in [2.45, 2.75) is 12.8 Å². The number of esters is 2. The van der Waals surface area contributed by atoms with Crippen LogP contribution in [0.2, 0.25) is 0 Å². The van der Waals surface area contributed by atoms with E-state index in [1.54, 1.807) is 0 Å². The second kappa shape index (κ2) is 3.83. The highest BCUT2D eigenvalue weighted by atomic mass is 16.5. The lowest BCUT2D eigenvalue weighted by Crippen LogP contribution is -2.58. The van der Waals surface area contributed by atoms with Gasteiger partial charge < -0.3 is 9.47 Å². The predicted octanol–water partition coefficient (Wildman–Crippen LogP) is -1.24. The predicted molar refractivity (Wildman–Crippen MR) is 51.3 cm³/mol. The molecule has 17 heavy (non-hydrogen) atoms. The van der Waals surface area contributed by atoms with Gasteiger partial charge in [-0.3, -0.25) is 24.5 Å². The molecule has 2 heterocycles.